The summed E-state index contributed by atoms with van der Waals surface area (Å²) in [6.07, 6.45) is 8.60. The fourth-order valence-corrected chi connectivity index (χ4v) is 4.66. The summed E-state index contributed by atoms with van der Waals surface area (Å²) in [7, 11) is 0. The Kier molecular flexibility index (Phi) is 5.96. The van der Waals surface area contributed by atoms with Gasteiger partial charge < -0.3 is 14.7 Å². The van der Waals surface area contributed by atoms with Crippen LogP contribution in [0.5, 0.6) is 5.75 Å². The van der Waals surface area contributed by atoms with Crippen molar-refractivity contribution in [1.82, 2.24) is 14.9 Å². The van der Waals surface area contributed by atoms with Crippen molar-refractivity contribution < 1.29 is 9.84 Å². The fourth-order valence-electron chi connectivity index (χ4n) is 4.53. The van der Waals surface area contributed by atoms with Gasteiger partial charge in [-0.15, -0.1) is 0 Å². The largest absolute Gasteiger partial charge is 0.457 e. The highest BCUT2D eigenvalue weighted by molar-refractivity contribution is 6.30. The van der Waals surface area contributed by atoms with Crippen molar-refractivity contribution in [2.75, 3.05) is 19.6 Å². The molecule has 0 saturated carbocycles. The van der Waals surface area contributed by atoms with E-state index in [1.54, 1.807) is 6.33 Å². The summed E-state index contributed by atoms with van der Waals surface area (Å²) in [5.41, 5.74) is 3.25. The summed E-state index contributed by atoms with van der Waals surface area (Å²) < 4.78 is 6.29. The Labute approximate surface area is 193 Å². The predicted molar refractivity (Wildman–Crippen MR) is 126 cm³/mol. The lowest BCUT2D eigenvalue weighted by atomic mass is 9.84. The number of benzene rings is 2. The van der Waals surface area contributed by atoms with Gasteiger partial charge >= 0.3 is 0 Å². The van der Waals surface area contributed by atoms with E-state index in [0.29, 0.717) is 17.9 Å². The first-order chi connectivity index (χ1) is 15.6. The number of hydrogen-bond donors (Lipinski definition) is 1. The van der Waals surface area contributed by atoms with Crippen LogP contribution >= 0.6 is 11.6 Å². The molecular weight excluding hydrogens is 422 g/mol. The van der Waals surface area contributed by atoms with Crippen molar-refractivity contribution in [3.05, 3.63) is 94.5 Å². The molecule has 164 valence electrons. The zero-order valence-electron chi connectivity index (χ0n) is 17.9. The molecule has 0 spiro atoms. The molecule has 0 amide bonds. The molecule has 0 aliphatic carbocycles. The molecular formula is C26H26ClN3O2. The third-order valence-electron chi connectivity index (χ3n) is 6.45. The Morgan fingerprint density at radius 1 is 1.09 bits per heavy atom. The van der Waals surface area contributed by atoms with Crippen molar-refractivity contribution in [1.29, 1.82) is 0 Å². The number of halogens is 1. The number of rotatable bonds is 4. The average molecular weight is 448 g/mol. The molecule has 5 nitrogen and oxygen atoms in total. The highest BCUT2D eigenvalue weighted by Crippen LogP contribution is 2.34. The lowest BCUT2D eigenvalue weighted by Gasteiger charge is -2.38. The van der Waals surface area contributed by atoms with E-state index in [1.807, 2.05) is 48.7 Å². The Morgan fingerprint density at radius 2 is 1.88 bits per heavy atom. The second kappa shape index (κ2) is 9.02. The number of aliphatic hydroxyl groups is 1. The van der Waals surface area contributed by atoms with Gasteiger partial charge in [0.1, 0.15) is 17.8 Å². The maximum Gasteiger partial charge on any atom is 0.134 e. The van der Waals surface area contributed by atoms with Gasteiger partial charge in [-0.3, -0.25) is 0 Å². The Bertz CT molecular complexity index is 1120. The van der Waals surface area contributed by atoms with Crippen LogP contribution in [0.25, 0.3) is 5.76 Å². The van der Waals surface area contributed by atoms with Crippen molar-refractivity contribution >= 4 is 17.4 Å². The zero-order chi connectivity index (χ0) is 22.0. The van der Waals surface area contributed by atoms with Crippen molar-refractivity contribution in [2.45, 2.75) is 31.3 Å². The molecule has 6 heteroatoms. The standard InChI is InChI=1S/C26H26ClN3O2/c27-21-9-7-20(8-10-21)26(31)11-14-30(15-12-26)13-3-6-25-22-17-28-18-29-23(22)16-19-4-1-2-5-24(19)32-25/h1-2,4-10,17-18,31H,3,11-16H2. The van der Waals surface area contributed by atoms with E-state index >= 15 is 0 Å². The Hall–Kier alpha value is -2.73. The maximum atomic E-state index is 11.1. The molecule has 3 aromatic rings. The van der Waals surface area contributed by atoms with Crippen LogP contribution in [-0.4, -0.2) is 39.6 Å². The summed E-state index contributed by atoms with van der Waals surface area (Å²) in [5, 5.41) is 11.8. The summed E-state index contributed by atoms with van der Waals surface area (Å²) >= 11 is 6.00. The lowest BCUT2D eigenvalue weighted by molar-refractivity contribution is -0.0254. The molecule has 0 unspecified atom stereocenters. The average Bonchev–Trinajstić information content (AvgIpc) is 2.97. The number of aromatic nitrogens is 2. The summed E-state index contributed by atoms with van der Waals surface area (Å²) in [6, 6.07) is 15.7. The normalized spacial score (nSPS) is 19.0. The Morgan fingerprint density at radius 3 is 2.69 bits per heavy atom. The fraction of sp³-hybridized carbons (Fsp3) is 0.308. The second-order valence-corrected chi connectivity index (χ2v) is 8.94. The van der Waals surface area contributed by atoms with Crippen LogP contribution in [0.4, 0.5) is 0 Å². The molecule has 5 rings (SSSR count). The van der Waals surface area contributed by atoms with Gasteiger partial charge in [0, 0.05) is 42.8 Å². The third kappa shape index (κ3) is 4.42. The van der Waals surface area contributed by atoms with Crippen LogP contribution in [0.3, 0.4) is 0 Å². The predicted octanol–water partition coefficient (Wildman–Crippen LogP) is 4.83. The molecule has 2 aromatic carbocycles. The molecule has 0 radical (unpaired) electrons. The minimum Gasteiger partial charge on any atom is -0.457 e. The van der Waals surface area contributed by atoms with Gasteiger partial charge in [0.25, 0.3) is 0 Å². The van der Waals surface area contributed by atoms with Crippen LogP contribution in [0.1, 0.15) is 41.6 Å². The molecule has 1 aromatic heterocycles. The highest BCUT2D eigenvalue weighted by Gasteiger charge is 2.33. The second-order valence-electron chi connectivity index (χ2n) is 8.51. The van der Waals surface area contributed by atoms with Crippen molar-refractivity contribution in [3.63, 3.8) is 0 Å². The van der Waals surface area contributed by atoms with Gasteiger partial charge in [-0.25, -0.2) is 9.97 Å². The first-order valence-electron chi connectivity index (χ1n) is 11.1. The lowest BCUT2D eigenvalue weighted by Crippen LogP contribution is -2.42. The van der Waals surface area contributed by atoms with Crippen LogP contribution in [0.2, 0.25) is 5.02 Å². The molecule has 3 heterocycles. The summed E-state index contributed by atoms with van der Waals surface area (Å²) in [5.74, 6) is 1.70. The smallest absolute Gasteiger partial charge is 0.134 e. The molecule has 0 bridgehead atoms. The molecule has 32 heavy (non-hydrogen) atoms. The van der Waals surface area contributed by atoms with Crippen LogP contribution in [0.15, 0.2) is 67.1 Å². The van der Waals surface area contributed by atoms with Crippen molar-refractivity contribution in [2.24, 2.45) is 0 Å². The monoisotopic (exact) mass is 447 g/mol. The molecule has 0 atom stereocenters. The van der Waals surface area contributed by atoms with Gasteiger partial charge in [0.2, 0.25) is 0 Å². The van der Waals surface area contributed by atoms with E-state index in [2.05, 4.69) is 27.0 Å². The first-order valence-corrected chi connectivity index (χ1v) is 11.4. The van der Waals surface area contributed by atoms with E-state index in [4.69, 9.17) is 16.3 Å². The van der Waals surface area contributed by atoms with Crippen LogP contribution < -0.4 is 4.74 Å². The zero-order valence-corrected chi connectivity index (χ0v) is 18.6. The number of piperidine rings is 1. The SMILES string of the molecule is OC1(c2ccc(Cl)cc2)CCN(CCC=C2Oc3ccccc3Cc3ncncc32)CC1. The van der Waals surface area contributed by atoms with Crippen LogP contribution in [-0.2, 0) is 12.0 Å². The van der Waals surface area contributed by atoms with E-state index < -0.39 is 5.60 Å². The quantitative estimate of drug-likeness (QED) is 0.620. The van der Waals surface area contributed by atoms with Crippen LogP contribution in [0, 0.1) is 0 Å². The van der Waals surface area contributed by atoms with E-state index in [9.17, 15) is 5.11 Å². The number of hydrogen-bond acceptors (Lipinski definition) is 5. The first kappa shape index (κ1) is 21.1. The minimum atomic E-state index is -0.774. The molecule has 1 N–H and O–H groups in total. The highest BCUT2D eigenvalue weighted by atomic mass is 35.5. The van der Waals surface area contributed by atoms with Crippen molar-refractivity contribution in [3.8, 4) is 5.75 Å². The van der Waals surface area contributed by atoms with Gasteiger partial charge in [0.15, 0.2) is 0 Å². The topological polar surface area (TPSA) is 58.5 Å². The summed E-state index contributed by atoms with van der Waals surface area (Å²) in [6.45, 7) is 2.62. The van der Waals surface area contributed by atoms with E-state index in [1.165, 1.54) is 0 Å². The van der Waals surface area contributed by atoms with Gasteiger partial charge in [-0.2, -0.15) is 0 Å². The summed E-state index contributed by atoms with van der Waals surface area (Å²) in [4.78, 5) is 11.1. The van der Waals surface area contributed by atoms with Gasteiger partial charge in [-0.1, -0.05) is 41.9 Å². The van der Waals surface area contributed by atoms with Gasteiger partial charge in [-0.05, 0) is 49.1 Å². The van der Waals surface area contributed by atoms with E-state index in [-0.39, 0.29) is 0 Å². The third-order valence-corrected chi connectivity index (χ3v) is 6.70. The maximum absolute atomic E-state index is 11.1. The van der Waals surface area contributed by atoms with E-state index in [0.717, 1.165) is 66.4 Å². The number of likely N-dealkylation sites (tertiary alicyclic amines) is 1. The number of para-hydroxylation sites is 1. The van der Waals surface area contributed by atoms with Gasteiger partial charge in [0.05, 0.1) is 16.9 Å². The minimum absolute atomic E-state index is 0.693. The molecule has 1 fully saturated rings. The molecule has 1 saturated heterocycles. The molecule has 2 aliphatic heterocycles. The number of ether oxygens (including phenoxy) is 1. The number of fused-ring (bicyclic) bond motifs is 2. The number of nitrogens with zero attached hydrogens (tertiary/aromatic N) is 3. The Balaban J connectivity index is 1.25. The molecule has 2 aliphatic rings.